The standard InChI is InChI=1S/C28H33N9O/c1-5-25(38)30-21-7-6-8-22(17-21)32-28-33-24-18-29-27(34-26(24)37(28)19(2)3)31-20-9-11-23(12-10-20)36-15-13-35(4)14-16-36/h5-12,17-19H,1,13-16H2,2-4H3,(H,30,38)(H,32,33)(H,29,31,34). The average molecular weight is 512 g/mol. The molecule has 2 aromatic heterocycles. The first-order valence-corrected chi connectivity index (χ1v) is 12.8. The Morgan fingerprint density at radius 1 is 0.974 bits per heavy atom. The lowest BCUT2D eigenvalue weighted by Gasteiger charge is -2.34. The summed E-state index contributed by atoms with van der Waals surface area (Å²) < 4.78 is 2.04. The van der Waals surface area contributed by atoms with Crippen molar-refractivity contribution in [1.82, 2.24) is 24.4 Å². The third kappa shape index (κ3) is 5.60. The molecule has 1 fully saturated rings. The zero-order chi connectivity index (χ0) is 26.6. The molecule has 4 aromatic rings. The van der Waals surface area contributed by atoms with E-state index in [0.29, 0.717) is 23.1 Å². The molecule has 38 heavy (non-hydrogen) atoms. The summed E-state index contributed by atoms with van der Waals surface area (Å²) in [7, 11) is 2.16. The molecule has 0 saturated carbocycles. The van der Waals surface area contributed by atoms with Gasteiger partial charge in [-0.3, -0.25) is 9.36 Å². The summed E-state index contributed by atoms with van der Waals surface area (Å²) in [6.45, 7) is 11.9. The third-order valence-corrected chi connectivity index (χ3v) is 6.51. The largest absolute Gasteiger partial charge is 0.369 e. The molecule has 2 aromatic carbocycles. The summed E-state index contributed by atoms with van der Waals surface area (Å²) in [4.78, 5) is 30.5. The fourth-order valence-corrected chi connectivity index (χ4v) is 4.47. The number of hydrogen-bond acceptors (Lipinski definition) is 8. The molecule has 0 radical (unpaired) electrons. The maximum Gasteiger partial charge on any atom is 0.247 e. The summed E-state index contributed by atoms with van der Waals surface area (Å²) in [5, 5.41) is 9.47. The third-order valence-electron chi connectivity index (χ3n) is 6.51. The molecule has 3 N–H and O–H groups in total. The van der Waals surface area contributed by atoms with E-state index in [0.717, 1.165) is 43.2 Å². The lowest BCUT2D eigenvalue weighted by molar-refractivity contribution is -0.111. The number of nitrogens with one attached hydrogen (secondary N) is 3. The van der Waals surface area contributed by atoms with E-state index in [9.17, 15) is 4.79 Å². The van der Waals surface area contributed by atoms with Gasteiger partial charge in [-0.05, 0) is 69.4 Å². The number of imidazole rings is 1. The molecule has 1 saturated heterocycles. The van der Waals surface area contributed by atoms with Gasteiger partial charge in [0.15, 0.2) is 5.65 Å². The molecule has 10 heteroatoms. The van der Waals surface area contributed by atoms with Crippen molar-refractivity contribution >= 4 is 51.7 Å². The Kier molecular flexibility index (Phi) is 7.23. The highest BCUT2D eigenvalue weighted by molar-refractivity contribution is 5.99. The van der Waals surface area contributed by atoms with Crippen LogP contribution in [0.2, 0.25) is 0 Å². The highest BCUT2D eigenvalue weighted by Gasteiger charge is 2.17. The van der Waals surface area contributed by atoms with Crippen LogP contribution in [0.3, 0.4) is 0 Å². The molecule has 0 unspecified atom stereocenters. The fourth-order valence-electron chi connectivity index (χ4n) is 4.47. The van der Waals surface area contributed by atoms with E-state index in [1.54, 1.807) is 6.20 Å². The number of likely N-dealkylation sites (N-methyl/N-ethyl adjacent to an activating group) is 1. The molecule has 0 spiro atoms. The summed E-state index contributed by atoms with van der Waals surface area (Å²) in [6, 6.07) is 15.9. The van der Waals surface area contributed by atoms with Crippen molar-refractivity contribution in [3.05, 3.63) is 67.4 Å². The maximum absolute atomic E-state index is 11.7. The fraction of sp³-hybridized carbons (Fsp3) is 0.286. The number of amides is 1. The van der Waals surface area contributed by atoms with Gasteiger partial charge in [-0.1, -0.05) is 12.6 Å². The monoisotopic (exact) mass is 511 g/mol. The highest BCUT2D eigenvalue weighted by atomic mass is 16.1. The Balaban J connectivity index is 1.36. The van der Waals surface area contributed by atoms with E-state index in [4.69, 9.17) is 9.97 Å². The van der Waals surface area contributed by atoms with Gasteiger partial charge in [-0.25, -0.2) is 9.97 Å². The molecule has 1 aliphatic heterocycles. The number of benzene rings is 2. The molecule has 1 amide bonds. The molecule has 5 rings (SSSR count). The molecular formula is C28H33N9O. The van der Waals surface area contributed by atoms with E-state index in [-0.39, 0.29) is 11.9 Å². The van der Waals surface area contributed by atoms with E-state index in [2.05, 4.69) is 82.5 Å². The quantitative estimate of drug-likeness (QED) is 0.291. The van der Waals surface area contributed by atoms with Gasteiger partial charge < -0.3 is 25.8 Å². The van der Waals surface area contributed by atoms with Crippen LogP contribution in [-0.4, -0.2) is 63.6 Å². The Morgan fingerprint density at radius 3 is 2.42 bits per heavy atom. The number of carbonyl (C=O) groups is 1. The summed E-state index contributed by atoms with van der Waals surface area (Å²) in [5.74, 6) is 0.887. The van der Waals surface area contributed by atoms with E-state index < -0.39 is 0 Å². The first kappa shape index (κ1) is 25.2. The number of piperazine rings is 1. The van der Waals surface area contributed by atoms with Crippen LogP contribution in [-0.2, 0) is 4.79 Å². The minimum absolute atomic E-state index is 0.0942. The van der Waals surface area contributed by atoms with E-state index in [1.807, 2.05) is 28.8 Å². The number of rotatable bonds is 8. The van der Waals surface area contributed by atoms with Crippen LogP contribution >= 0.6 is 0 Å². The number of hydrogen-bond donors (Lipinski definition) is 3. The van der Waals surface area contributed by atoms with Gasteiger partial charge in [0, 0.05) is 55.0 Å². The number of nitrogens with zero attached hydrogens (tertiary/aromatic N) is 6. The Hall–Kier alpha value is -4.44. The second kappa shape index (κ2) is 10.9. The SMILES string of the molecule is C=CC(=O)Nc1cccc(Nc2nc3cnc(Nc4ccc(N5CCN(C)CC5)cc4)nc3n2C(C)C)c1. The van der Waals surface area contributed by atoms with Gasteiger partial charge >= 0.3 is 0 Å². The van der Waals surface area contributed by atoms with Gasteiger partial charge in [0.05, 0.1) is 6.20 Å². The minimum Gasteiger partial charge on any atom is -0.369 e. The zero-order valence-corrected chi connectivity index (χ0v) is 22.0. The highest BCUT2D eigenvalue weighted by Crippen LogP contribution is 2.28. The molecule has 196 valence electrons. The molecule has 10 nitrogen and oxygen atoms in total. The van der Waals surface area contributed by atoms with Crippen LogP contribution in [0.25, 0.3) is 11.2 Å². The number of anilines is 6. The number of fused-ring (bicyclic) bond motifs is 1. The van der Waals surface area contributed by atoms with Crippen molar-refractivity contribution in [2.24, 2.45) is 0 Å². The van der Waals surface area contributed by atoms with Crippen molar-refractivity contribution in [2.75, 3.05) is 54.1 Å². The second-order valence-corrected chi connectivity index (χ2v) is 9.66. The first-order valence-electron chi connectivity index (χ1n) is 12.8. The number of carbonyl (C=O) groups excluding carboxylic acids is 1. The Morgan fingerprint density at radius 2 is 1.71 bits per heavy atom. The minimum atomic E-state index is -0.263. The van der Waals surface area contributed by atoms with Crippen LogP contribution in [0.5, 0.6) is 0 Å². The van der Waals surface area contributed by atoms with Crippen LogP contribution in [0, 0.1) is 0 Å². The molecule has 0 aliphatic carbocycles. The molecule has 1 aliphatic rings. The van der Waals surface area contributed by atoms with E-state index >= 15 is 0 Å². The van der Waals surface area contributed by atoms with Crippen LogP contribution < -0.4 is 20.9 Å². The Bertz CT molecular complexity index is 1440. The summed E-state index contributed by atoms with van der Waals surface area (Å²) in [6.07, 6.45) is 2.97. The van der Waals surface area contributed by atoms with Crippen molar-refractivity contribution in [2.45, 2.75) is 19.9 Å². The van der Waals surface area contributed by atoms with Crippen LogP contribution in [0.1, 0.15) is 19.9 Å². The van der Waals surface area contributed by atoms with Gasteiger partial charge in [0.1, 0.15) is 5.52 Å². The molecule has 0 atom stereocenters. The normalized spacial score (nSPS) is 14.1. The van der Waals surface area contributed by atoms with Crippen molar-refractivity contribution in [3.8, 4) is 0 Å². The summed E-state index contributed by atoms with van der Waals surface area (Å²) >= 11 is 0. The smallest absolute Gasteiger partial charge is 0.247 e. The molecule has 0 bridgehead atoms. The predicted octanol–water partition coefficient (Wildman–Crippen LogP) is 4.77. The maximum atomic E-state index is 11.7. The van der Waals surface area contributed by atoms with Crippen molar-refractivity contribution < 1.29 is 4.79 Å². The molecule has 3 heterocycles. The molecular weight excluding hydrogens is 478 g/mol. The summed E-state index contributed by atoms with van der Waals surface area (Å²) in [5.41, 5.74) is 5.02. The Labute approximate surface area is 222 Å². The lowest BCUT2D eigenvalue weighted by atomic mass is 10.2. The van der Waals surface area contributed by atoms with Crippen LogP contribution in [0.15, 0.2) is 67.4 Å². The lowest BCUT2D eigenvalue weighted by Crippen LogP contribution is -2.44. The first-order chi connectivity index (χ1) is 18.4. The van der Waals surface area contributed by atoms with Gasteiger partial charge in [-0.2, -0.15) is 4.98 Å². The van der Waals surface area contributed by atoms with Crippen molar-refractivity contribution in [1.29, 1.82) is 0 Å². The van der Waals surface area contributed by atoms with Crippen LogP contribution in [0.4, 0.5) is 34.6 Å². The second-order valence-electron chi connectivity index (χ2n) is 9.66. The van der Waals surface area contributed by atoms with Gasteiger partial charge in [0.25, 0.3) is 0 Å². The zero-order valence-electron chi connectivity index (χ0n) is 22.0. The predicted molar refractivity (Wildman–Crippen MR) is 154 cm³/mol. The van der Waals surface area contributed by atoms with Gasteiger partial charge in [-0.15, -0.1) is 0 Å². The number of aromatic nitrogens is 4. The average Bonchev–Trinajstić information content (AvgIpc) is 3.27. The van der Waals surface area contributed by atoms with E-state index in [1.165, 1.54) is 11.8 Å². The van der Waals surface area contributed by atoms with Gasteiger partial charge in [0.2, 0.25) is 17.8 Å². The van der Waals surface area contributed by atoms with Crippen molar-refractivity contribution in [3.63, 3.8) is 0 Å². The topological polar surface area (TPSA) is 103 Å².